The van der Waals surface area contributed by atoms with Gasteiger partial charge in [-0.25, -0.2) is 0 Å². The van der Waals surface area contributed by atoms with Gasteiger partial charge in [0.1, 0.15) is 5.37 Å². The predicted octanol–water partition coefficient (Wildman–Crippen LogP) is 3.49. The third-order valence-electron chi connectivity index (χ3n) is 4.28. The van der Waals surface area contributed by atoms with Crippen molar-refractivity contribution in [3.05, 3.63) is 70.2 Å². The van der Waals surface area contributed by atoms with Gasteiger partial charge in [0, 0.05) is 30.8 Å². The number of halogens is 1. The Labute approximate surface area is 168 Å². The quantitative estimate of drug-likeness (QED) is 0.717. The number of carbonyl (C=O) groups is 2. The van der Waals surface area contributed by atoms with E-state index in [9.17, 15) is 9.59 Å². The summed E-state index contributed by atoms with van der Waals surface area (Å²) in [4.78, 5) is 26.3. The minimum atomic E-state index is -0.133. The van der Waals surface area contributed by atoms with Crippen LogP contribution in [0.25, 0.3) is 0 Å². The molecule has 142 valence electrons. The van der Waals surface area contributed by atoms with Crippen LogP contribution in [0.3, 0.4) is 0 Å². The zero-order valence-electron chi connectivity index (χ0n) is 15.0. The molecule has 1 saturated heterocycles. The van der Waals surface area contributed by atoms with Crippen molar-refractivity contribution < 1.29 is 14.3 Å². The lowest BCUT2D eigenvalue weighted by Crippen LogP contribution is -2.28. The number of carbonyl (C=O) groups excluding carboxylic acids is 2. The molecule has 0 aliphatic carbocycles. The van der Waals surface area contributed by atoms with Gasteiger partial charge in [-0.05, 0) is 35.4 Å². The van der Waals surface area contributed by atoms with Crippen molar-refractivity contribution in [3.63, 3.8) is 0 Å². The molecule has 0 unspecified atom stereocenters. The van der Waals surface area contributed by atoms with Crippen LogP contribution in [0, 0.1) is 0 Å². The van der Waals surface area contributed by atoms with E-state index in [-0.39, 0.29) is 17.2 Å². The van der Waals surface area contributed by atoms with E-state index in [4.69, 9.17) is 16.3 Å². The molecule has 5 nitrogen and oxygen atoms in total. The lowest BCUT2D eigenvalue weighted by Gasteiger charge is -2.24. The Hall–Kier alpha value is -2.02. The summed E-state index contributed by atoms with van der Waals surface area (Å²) in [5, 5.41) is 3.42. The van der Waals surface area contributed by atoms with Gasteiger partial charge in [-0.2, -0.15) is 0 Å². The maximum absolute atomic E-state index is 12.4. The summed E-state index contributed by atoms with van der Waals surface area (Å²) >= 11 is 7.54. The van der Waals surface area contributed by atoms with Crippen LogP contribution in [0.4, 0.5) is 0 Å². The van der Waals surface area contributed by atoms with E-state index in [0.29, 0.717) is 36.0 Å². The number of hydrogen-bond donors (Lipinski definition) is 1. The molecule has 3 rings (SSSR count). The maximum atomic E-state index is 12.4. The first-order valence-corrected chi connectivity index (χ1v) is 10.0. The summed E-state index contributed by atoms with van der Waals surface area (Å²) in [5.41, 5.74) is 2.64. The lowest BCUT2D eigenvalue weighted by molar-refractivity contribution is -0.128. The third kappa shape index (κ3) is 5.03. The standard InChI is InChI=1S/C20H21ClN2O3S/c1-26-11-10-22-19(25)15-4-6-16(7-5-15)20-23(18(24)13-27-20)12-14-2-8-17(21)9-3-14/h2-9,20H,10-13H2,1H3,(H,22,25)/t20-/m0/s1. The molecule has 1 aliphatic heterocycles. The molecular formula is C20H21ClN2O3S. The number of hydrogen-bond acceptors (Lipinski definition) is 4. The van der Waals surface area contributed by atoms with Gasteiger partial charge in [0.25, 0.3) is 5.91 Å². The number of amides is 2. The van der Waals surface area contributed by atoms with Gasteiger partial charge in [-0.3, -0.25) is 9.59 Å². The van der Waals surface area contributed by atoms with Gasteiger partial charge in [-0.1, -0.05) is 35.9 Å². The zero-order valence-corrected chi connectivity index (χ0v) is 16.6. The Morgan fingerprint density at radius 3 is 2.59 bits per heavy atom. The van der Waals surface area contributed by atoms with Crippen molar-refractivity contribution in [1.82, 2.24) is 10.2 Å². The predicted molar refractivity (Wildman–Crippen MR) is 108 cm³/mol. The smallest absolute Gasteiger partial charge is 0.251 e. The summed E-state index contributed by atoms with van der Waals surface area (Å²) < 4.78 is 4.93. The highest BCUT2D eigenvalue weighted by molar-refractivity contribution is 8.00. The van der Waals surface area contributed by atoms with E-state index in [0.717, 1.165) is 11.1 Å². The first-order chi connectivity index (χ1) is 13.1. The van der Waals surface area contributed by atoms with E-state index < -0.39 is 0 Å². The van der Waals surface area contributed by atoms with Crippen LogP contribution in [0.5, 0.6) is 0 Å². The maximum Gasteiger partial charge on any atom is 0.251 e. The minimum absolute atomic E-state index is 0.0567. The first kappa shape index (κ1) is 19.7. The molecule has 1 N–H and O–H groups in total. The van der Waals surface area contributed by atoms with Crippen LogP contribution in [0.2, 0.25) is 5.02 Å². The number of methoxy groups -OCH3 is 1. The van der Waals surface area contributed by atoms with E-state index in [1.54, 1.807) is 31.0 Å². The molecule has 7 heteroatoms. The second-order valence-corrected chi connectivity index (χ2v) is 7.69. The third-order valence-corrected chi connectivity index (χ3v) is 5.79. The van der Waals surface area contributed by atoms with Crippen molar-refractivity contribution in [2.24, 2.45) is 0 Å². The number of thioether (sulfide) groups is 1. The molecule has 27 heavy (non-hydrogen) atoms. The SMILES string of the molecule is COCCNC(=O)c1ccc([C@@H]2SCC(=O)N2Cc2ccc(Cl)cc2)cc1. The van der Waals surface area contributed by atoms with Crippen molar-refractivity contribution in [1.29, 1.82) is 0 Å². The Kier molecular flexibility index (Phi) is 6.77. The Bertz CT molecular complexity index is 796. The van der Waals surface area contributed by atoms with E-state index >= 15 is 0 Å². The lowest BCUT2D eigenvalue weighted by atomic mass is 10.1. The van der Waals surface area contributed by atoms with Crippen LogP contribution < -0.4 is 5.32 Å². The van der Waals surface area contributed by atoms with Gasteiger partial charge in [0.2, 0.25) is 5.91 Å². The highest BCUT2D eigenvalue weighted by atomic mass is 35.5. The van der Waals surface area contributed by atoms with Crippen LogP contribution in [-0.4, -0.2) is 42.7 Å². The second-order valence-electron chi connectivity index (χ2n) is 6.18. The summed E-state index contributed by atoms with van der Waals surface area (Å²) in [7, 11) is 1.59. The number of nitrogens with zero attached hydrogens (tertiary/aromatic N) is 1. The molecule has 1 fully saturated rings. The molecule has 1 aliphatic rings. The van der Waals surface area contributed by atoms with Gasteiger partial charge in [-0.15, -0.1) is 11.8 Å². The molecule has 2 aromatic rings. The van der Waals surface area contributed by atoms with E-state index in [2.05, 4.69) is 5.32 Å². The summed E-state index contributed by atoms with van der Waals surface area (Å²) in [6.45, 7) is 1.48. The first-order valence-electron chi connectivity index (χ1n) is 8.61. The average Bonchev–Trinajstić information content (AvgIpc) is 3.04. The molecule has 1 heterocycles. The van der Waals surface area contributed by atoms with Crippen LogP contribution in [0.1, 0.15) is 26.9 Å². The topological polar surface area (TPSA) is 58.6 Å². The van der Waals surface area contributed by atoms with Crippen LogP contribution in [0.15, 0.2) is 48.5 Å². The van der Waals surface area contributed by atoms with Crippen molar-refractivity contribution in [3.8, 4) is 0 Å². The fraction of sp³-hybridized carbons (Fsp3) is 0.300. The number of ether oxygens (including phenoxy) is 1. The number of rotatable bonds is 7. The minimum Gasteiger partial charge on any atom is -0.383 e. The molecule has 0 saturated carbocycles. The largest absolute Gasteiger partial charge is 0.383 e. The molecule has 0 bridgehead atoms. The van der Waals surface area contributed by atoms with E-state index in [1.807, 2.05) is 41.3 Å². The molecule has 2 aromatic carbocycles. The number of nitrogens with one attached hydrogen (secondary N) is 1. The molecule has 1 atom stereocenters. The Balaban J connectivity index is 1.69. The summed E-state index contributed by atoms with van der Waals surface area (Å²) in [5.74, 6) is 0.436. The number of benzene rings is 2. The van der Waals surface area contributed by atoms with Crippen LogP contribution in [-0.2, 0) is 16.1 Å². The molecule has 2 amide bonds. The van der Waals surface area contributed by atoms with Gasteiger partial charge >= 0.3 is 0 Å². The molecule has 0 aromatic heterocycles. The average molecular weight is 405 g/mol. The molecule has 0 radical (unpaired) electrons. The zero-order chi connectivity index (χ0) is 19.2. The van der Waals surface area contributed by atoms with Crippen molar-refractivity contribution in [2.45, 2.75) is 11.9 Å². The van der Waals surface area contributed by atoms with Crippen molar-refractivity contribution in [2.75, 3.05) is 26.0 Å². The van der Waals surface area contributed by atoms with E-state index in [1.165, 1.54) is 0 Å². The highest BCUT2D eigenvalue weighted by Gasteiger charge is 2.32. The van der Waals surface area contributed by atoms with Gasteiger partial charge < -0.3 is 15.0 Å². The fourth-order valence-electron chi connectivity index (χ4n) is 2.86. The summed E-state index contributed by atoms with van der Waals surface area (Å²) in [6.07, 6.45) is 0. The van der Waals surface area contributed by atoms with Gasteiger partial charge in [0.05, 0.1) is 12.4 Å². The fourth-order valence-corrected chi connectivity index (χ4v) is 4.17. The van der Waals surface area contributed by atoms with Crippen LogP contribution >= 0.6 is 23.4 Å². The van der Waals surface area contributed by atoms with Crippen molar-refractivity contribution >= 4 is 35.2 Å². The van der Waals surface area contributed by atoms with Gasteiger partial charge in [0.15, 0.2) is 0 Å². The second kappa shape index (κ2) is 9.26. The molecule has 0 spiro atoms. The monoisotopic (exact) mass is 404 g/mol. The highest BCUT2D eigenvalue weighted by Crippen LogP contribution is 2.39. The molecular weight excluding hydrogens is 384 g/mol. The Morgan fingerprint density at radius 1 is 1.22 bits per heavy atom. The normalized spacial score (nSPS) is 16.6. The Morgan fingerprint density at radius 2 is 1.93 bits per heavy atom. The summed E-state index contributed by atoms with van der Waals surface area (Å²) in [6, 6.07) is 14.9.